The molecule has 3 unspecified atom stereocenters. The van der Waals surface area contributed by atoms with Crippen molar-refractivity contribution in [3.63, 3.8) is 0 Å². The molecule has 39 heavy (non-hydrogen) atoms. The first-order valence-corrected chi connectivity index (χ1v) is 12.3. The van der Waals surface area contributed by atoms with Crippen LogP contribution in [0.5, 0.6) is 0 Å². The highest BCUT2D eigenvalue weighted by Crippen LogP contribution is 2.33. The molecular formula is C26H26ClF5N4O3. The quantitative estimate of drug-likeness (QED) is 0.346. The van der Waals surface area contributed by atoms with Gasteiger partial charge in [0.05, 0.1) is 16.4 Å². The second-order valence-corrected chi connectivity index (χ2v) is 9.69. The van der Waals surface area contributed by atoms with Gasteiger partial charge in [-0.2, -0.15) is 13.2 Å². The summed E-state index contributed by atoms with van der Waals surface area (Å²) in [4.78, 5) is 42.9. The van der Waals surface area contributed by atoms with Crippen LogP contribution in [-0.2, 0) is 14.4 Å². The second-order valence-electron chi connectivity index (χ2n) is 9.28. The normalized spacial score (nSPS) is 17.3. The number of primary amides is 1. The number of anilines is 1. The smallest absolute Gasteiger partial charge is 0.369 e. The fourth-order valence-corrected chi connectivity index (χ4v) is 4.47. The van der Waals surface area contributed by atoms with Gasteiger partial charge in [0.2, 0.25) is 23.9 Å². The first kappa shape index (κ1) is 30.0. The van der Waals surface area contributed by atoms with Crippen LogP contribution in [0.15, 0.2) is 53.5 Å². The Balaban J connectivity index is 1.99. The van der Waals surface area contributed by atoms with E-state index >= 15 is 0 Å². The van der Waals surface area contributed by atoms with Crippen molar-refractivity contribution in [1.29, 1.82) is 0 Å². The van der Waals surface area contributed by atoms with Crippen LogP contribution in [0, 0.1) is 11.8 Å². The maximum Gasteiger partial charge on any atom is 0.389 e. The first-order chi connectivity index (χ1) is 18.2. The fourth-order valence-electron chi connectivity index (χ4n) is 4.25. The van der Waals surface area contributed by atoms with Gasteiger partial charge in [-0.05, 0) is 25.8 Å². The zero-order chi connectivity index (χ0) is 29.0. The number of hydrogen-bond acceptors (Lipinski definition) is 4. The van der Waals surface area contributed by atoms with Crippen molar-refractivity contribution in [3.8, 4) is 0 Å². The van der Waals surface area contributed by atoms with Crippen LogP contribution in [0.1, 0.15) is 43.7 Å². The van der Waals surface area contributed by atoms with Gasteiger partial charge in [0.1, 0.15) is 0 Å². The third-order valence-corrected chi connectivity index (χ3v) is 6.49. The van der Waals surface area contributed by atoms with Gasteiger partial charge in [0.15, 0.2) is 0 Å². The van der Waals surface area contributed by atoms with E-state index in [-0.39, 0.29) is 16.4 Å². The Morgan fingerprint density at radius 1 is 1.03 bits per heavy atom. The summed E-state index contributed by atoms with van der Waals surface area (Å²) in [5.74, 6) is -9.86. The molecule has 3 atom stereocenters. The predicted octanol–water partition coefficient (Wildman–Crippen LogP) is 5.07. The summed E-state index contributed by atoms with van der Waals surface area (Å²) in [5, 5.41) is 5.03. The number of fused-ring (bicyclic) bond motifs is 1. The minimum Gasteiger partial charge on any atom is -0.369 e. The number of aliphatic imine (C=N–C) groups is 1. The molecule has 0 spiro atoms. The molecule has 1 heterocycles. The van der Waals surface area contributed by atoms with Gasteiger partial charge < -0.3 is 16.4 Å². The van der Waals surface area contributed by atoms with Gasteiger partial charge in [-0.25, -0.2) is 13.8 Å². The molecule has 3 amide bonds. The van der Waals surface area contributed by atoms with Gasteiger partial charge in [0, 0.05) is 35.8 Å². The lowest BCUT2D eigenvalue weighted by Crippen LogP contribution is -2.48. The van der Waals surface area contributed by atoms with E-state index in [1.165, 1.54) is 6.07 Å². The number of nitrogens with zero attached hydrogens (tertiary/aromatic N) is 1. The minimum atomic E-state index is -4.70. The Bertz CT molecular complexity index is 1250. The number of amides is 3. The Kier molecular flexibility index (Phi) is 9.31. The van der Waals surface area contributed by atoms with Crippen molar-refractivity contribution in [3.05, 3.63) is 64.7 Å². The number of halogens is 6. The molecule has 0 saturated carbocycles. The average Bonchev–Trinajstić information content (AvgIpc) is 2.97. The molecule has 4 N–H and O–H groups in total. The SMILES string of the molecule is CC(F)(F)CCC(C(N)=O)C(CCC(F)(F)F)C(=O)NC1N=C(c2ccccc2)c2cccc(Cl)c2NC1=O. The van der Waals surface area contributed by atoms with Gasteiger partial charge >= 0.3 is 6.18 Å². The summed E-state index contributed by atoms with van der Waals surface area (Å²) in [5.41, 5.74) is 6.76. The van der Waals surface area contributed by atoms with E-state index in [1.807, 2.05) is 0 Å². The zero-order valence-electron chi connectivity index (χ0n) is 20.7. The molecule has 3 rings (SSSR count). The molecule has 0 aromatic heterocycles. The maximum atomic E-state index is 13.5. The van der Waals surface area contributed by atoms with Gasteiger partial charge in [-0.3, -0.25) is 14.4 Å². The number of carbonyl (C=O) groups is 3. The van der Waals surface area contributed by atoms with Crippen molar-refractivity contribution in [1.82, 2.24) is 5.32 Å². The number of nitrogens with one attached hydrogen (secondary N) is 2. The lowest BCUT2D eigenvalue weighted by molar-refractivity contribution is -0.147. The van der Waals surface area contributed by atoms with E-state index in [9.17, 15) is 36.3 Å². The van der Waals surface area contributed by atoms with Crippen LogP contribution in [-0.4, -0.2) is 41.7 Å². The van der Waals surface area contributed by atoms with Crippen LogP contribution in [0.25, 0.3) is 0 Å². The van der Waals surface area contributed by atoms with Crippen LogP contribution in [0.2, 0.25) is 5.02 Å². The Hall–Kier alpha value is -3.54. The molecular weight excluding hydrogens is 547 g/mol. The maximum absolute atomic E-state index is 13.5. The molecule has 0 fully saturated rings. The van der Waals surface area contributed by atoms with Crippen molar-refractivity contribution >= 4 is 40.7 Å². The van der Waals surface area contributed by atoms with Crippen LogP contribution in [0.3, 0.4) is 0 Å². The minimum absolute atomic E-state index is 0.175. The number of carbonyl (C=O) groups excluding carboxylic acids is 3. The fraction of sp³-hybridized carbons (Fsp3) is 0.385. The first-order valence-electron chi connectivity index (χ1n) is 11.9. The van der Waals surface area contributed by atoms with E-state index in [4.69, 9.17) is 17.3 Å². The summed E-state index contributed by atoms with van der Waals surface area (Å²) >= 11 is 6.29. The summed E-state index contributed by atoms with van der Waals surface area (Å²) < 4.78 is 66.2. The third-order valence-electron chi connectivity index (χ3n) is 6.17. The summed E-state index contributed by atoms with van der Waals surface area (Å²) in [6, 6.07) is 13.3. The van der Waals surface area contributed by atoms with E-state index in [0.717, 1.165) is 0 Å². The van der Waals surface area contributed by atoms with Crippen LogP contribution < -0.4 is 16.4 Å². The molecule has 7 nitrogen and oxygen atoms in total. The predicted molar refractivity (Wildman–Crippen MR) is 135 cm³/mol. The van der Waals surface area contributed by atoms with Crippen LogP contribution in [0.4, 0.5) is 27.6 Å². The average molecular weight is 573 g/mol. The summed E-state index contributed by atoms with van der Waals surface area (Å²) in [7, 11) is 0. The van der Waals surface area contributed by atoms with Crippen molar-refractivity contribution in [2.24, 2.45) is 22.6 Å². The number of alkyl halides is 5. The summed E-state index contributed by atoms with van der Waals surface area (Å²) in [6.07, 6.45) is -10.3. The third kappa shape index (κ3) is 8.22. The second kappa shape index (κ2) is 12.1. The molecule has 0 radical (unpaired) electrons. The number of benzene rings is 2. The molecule has 2 aromatic rings. The van der Waals surface area contributed by atoms with Gasteiger partial charge in [-0.1, -0.05) is 54.1 Å². The number of benzodiazepines with no additional fused rings is 1. The molecule has 13 heteroatoms. The van der Waals surface area contributed by atoms with Gasteiger partial charge in [-0.15, -0.1) is 0 Å². The van der Waals surface area contributed by atoms with Crippen molar-refractivity contribution in [2.75, 3.05) is 5.32 Å². The summed E-state index contributed by atoms with van der Waals surface area (Å²) in [6.45, 7) is 0.578. The Morgan fingerprint density at radius 3 is 2.26 bits per heavy atom. The molecule has 0 aliphatic carbocycles. The lowest BCUT2D eigenvalue weighted by Gasteiger charge is -2.26. The number of hydrogen-bond donors (Lipinski definition) is 3. The molecule has 1 aliphatic rings. The van der Waals surface area contributed by atoms with E-state index < -0.39 is 73.5 Å². The highest BCUT2D eigenvalue weighted by molar-refractivity contribution is 6.36. The standard InChI is InChI=1S/C26H26ClF5N4O3/c1-25(28,29)12-10-15(21(33)37)16(11-13-26(30,31)32)23(38)36-22-24(39)35-20-17(8-5-9-18(20)27)19(34-22)14-6-3-2-4-7-14/h2-9,15-16,22H,10-13H2,1H3,(H2,33,37)(H,35,39)(H,36,38). The lowest BCUT2D eigenvalue weighted by atomic mass is 9.83. The zero-order valence-corrected chi connectivity index (χ0v) is 21.5. The van der Waals surface area contributed by atoms with Crippen molar-refractivity contribution in [2.45, 2.75) is 50.9 Å². The Morgan fingerprint density at radius 2 is 1.67 bits per heavy atom. The molecule has 210 valence electrons. The largest absolute Gasteiger partial charge is 0.389 e. The van der Waals surface area contributed by atoms with Gasteiger partial charge in [0.25, 0.3) is 5.91 Å². The van der Waals surface area contributed by atoms with E-state index in [1.54, 1.807) is 42.5 Å². The van der Waals surface area contributed by atoms with Crippen LogP contribution >= 0.6 is 11.6 Å². The highest BCUT2D eigenvalue weighted by atomic mass is 35.5. The molecule has 0 saturated heterocycles. The molecule has 2 aromatic carbocycles. The number of rotatable bonds is 10. The topological polar surface area (TPSA) is 114 Å². The van der Waals surface area contributed by atoms with Crippen molar-refractivity contribution < 1.29 is 36.3 Å². The monoisotopic (exact) mass is 572 g/mol. The van der Waals surface area contributed by atoms with E-state index in [0.29, 0.717) is 18.1 Å². The molecule has 1 aliphatic heterocycles. The Labute approximate surface area is 226 Å². The highest BCUT2D eigenvalue weighted by Gasteiger charge is 2.40. The molecule has 0 bridgehead atoms. The van der Waals surface area contributed by atoms with E-state index in [2.05, 4.69) is 15.6 Å². The number of nitrogens with two attached hydrogens (primary N) is 1. The number of para-hydroxylation sites is 1.